The SMILES string of the molecule is CC(Oc1ccccc1C(=O)c1ccc(N=NN(C)C)cc1)C(=O)O. The van der Waals surface area contributed by atoms with Gasteiger partial charge in [0.1, 0.15) is 5.75 Å². The molecule has 2 aromatic rings. The van der Waals surface area contributed by atoms with Crippen LogP contribution in [-0.2, 0) is 4.79 Å². The Bertz CT molecular complexity index is 785. The van der Waals surface area contributed by atoms with Gasteiger partial charge in [-0.25, -0.2) is 4.79 Å². The van der Waals surface area contributed by atoms with Crippen LogP contribution in [0.2, 0.25) is 0 Å². The highest BCUT2D eigenvalue weighted by atomic mass is 16.5. The maximum absolute atomic E-state index is 12.7. The molecular weight excluding hydrogens is 322 g/mol. The van der Waals surface area contributed by atoms with Crippen molar-refractivity contribution in [1.82, 2.24) is 5.01 Å². The van der Waals surface area contributed by atoms with Gasteiger partial charge >= 0.3 is 5.97 Å². The lowest BCUT2D eigenvalue weighted by Gasteiger charge is -2.13. The summed E-state index contributed by atoms with van der Waals surface area (Å²) < 4.78 is 5.38. The molecule has 7 nitrogen and oxygen atoms in total. The van der Waals surface area contributed by atoms with Crippen molar-refractivity contribution in [2.75, 3.05) is 14.1 Å². The summed E-state index contributed by atoms with van der Waals surface area (Å²) in [5.74, 6) is -1.12. The van der Waals surface area contributed by atoms with Crippen molar-refractivity contribution in [3.05, 3.63) is 59.7 Å². The van der Waals surface area contributed by atoms with Gasteiger partial charge in [0.05, 0.1) is 11.3 Å². The standard InChI is InChI=1S/C18H19N3O4/c1-12(18(23)24)25-16-7-5-4-6-15(16)17(22)13-8-10-14(11-9-13)19-20-21(2)3/h4-12H,1-3H3,(H,23,24). The van der Waals surface area contributed by atoms with Gasteiger partial charge in [-0.1, -0.05) is 17.4 Å². The number of para-hydroxylation sites is 1. The third-order valence-corrected chi connectivity index (χ3v) is 3.25. The summed E-state index contributed by atoms with van der Waals surface area (Å²) in [6.45, 7) is 1.41. The van der Waals surface area contributed by atoms with Crippen LogP contribution in [0.5, 0.6) is 5.75 Å². The first-order chi connectivity index (χ1) is 11.9. The number of carbonyl (C=O) groups excluding carboxylic acids is 1. The van der Waals surface area contributed by atoms with Crippen molar-refractivity contribution in [3.8, 4) is 5.75 Å². The van der Waals surface area contributed by atoms with E-state index in [9.17, 15) is 9.59 Å². The molecule has 1 unspecified atom stereocenters. The number of aliphatic carboxylic acids is 1. The highest BCUT2D eigenvalue weighted by Gasteiger charge is 2.19. The van der Waals surface area contributed by atoms with Crippen LogP contribution >= 0.6 is 0 Å². The number of ketones is 1. The average Bonchev–Trinajstić information content (AvgIpc) is 2.60. The third-order valence-electron chi connectivity index (χ3n) is 3.25. The molecule has 0 aliphatic carbocycles. The van der Waals surface area contributed by atoms with Gasteiger partial charge in [-0.3, -0.25) is 9.80 Å². The molecule has 0 heterocycles. The van der Waals surface area contributed by atoms with Crippen LogP contribution in [0.25, 0.3) is 0 Å². The molecule has 0 saturated heterocycles. The van der Waals surface area contributed by atoms with E-state index in [1.54, 1.807) is 67.6 Å². The number of hydrogen-bond acceptors (Lipinski definition) is 5. The fourth-order valence-corrected chi connectivity index (χ4v) is 1.97. The highest BCUT2D eigenvalue weighted by Crippen LogP contribution is 2.24. The van der Waals surface area contributed by atoms with Crippen LogP contribution in [0.3, 0.4) is 0 Å². The lowest BCUT2D eigenvalue weighted by atomic mass is 10.0. The Labute approximate surface area is 145 Å². The maximum Gasteiger partial charge on any atom is 0.344 e. The molecule has 1 N–H and O–H groups in total. The average molecular weight is 341 g/mol. The zero-order chi connectivity index (χ0) is 18.4. The first kappa shape index (κ1) is 18.1. The van der Waals surface area contributed by atoms with Gasteiger partial charge in [0.2, 0.25) is 0 Å². The first-order valence-electron chi connectivity index (χ1n) is 7.60. The minimum Gasteiger partial charge on any atom is -0.479 e. The van der Waals surface area contributed by atoms with E-state index in [2.05, 4.69) is 10.3 Å². The number of carboxylic acids is 1. The summed E-state index contributed by atoms with van der Waals surface area (Å²) in [4.78, 5) is 23.7. The van der Waals surface area contributed by atoms with Crippen LogP contribution in [0.1, 0.15) is 22.8 Å². The molecule has 0 radical (unpaired) electrons. The number of hydrogen-bond donors (Lipinski definition) is 1. The quantitative estimate of drug-likeness (QED) is 0.474. The molecule has 0 spiro atoms. The predicted molar refractivity (Wildman–Crippen MR) is 92.2 cm³/mol. The Morgan fingerprint density at radius 3 is 2.32 bits per heavy atom. The summed E-state index contributed by atoms with van der Waals surface area (Å²) in [6.07, 6.45) is -1.05. The van der Waals surface area contributed by atoms with Gasteiger partial charge in [0.15, 0.2) is 11.9 Å². The summed E-state index contributed by atoms with van der Waals surface area (Å²) >= 11 is 0. The first-order valence-corrected chi connectivity index (χ1v) is 7.60. The summed E-state index contributed by atoms with van der Waals surface area (Å²) in [7, 11) is 3.52. The Hall–Kier alpha value is -3.22. The van der Waals surface area contributed by atoms with Gasteiger partial charge in [0.25, 0.3) is 0 Å². The number of nitrogens with zero attached hydrogens (tertiary/aromatic N) is 3. The van der Waals surface area contributed by atoms with Crippen molar-refractivity contribution in [3.63, 3.8) is 0 Å². The molecule has 0 aliphatic rings. The second kappa shape index (κ2) is 8.05. The Morgan fingerprint density at radius 1 is 1.08 bits per heavy atom. The number of rotatable bonds is 7. The van der Waals surface area contributed by atoms with E-state index in [0.717, 1.165) is 0 Å². The van der Waals surface area contributed by atoms with Gasteiger partial charge < -0.3 is 9.84 Å². The van der Waals surface area contributed by atoms with E-state index in [1.165, 1.54) is 6.92 Å². The molecule has 0 bridgehead atoms. The zero-order valence-electron chi connectivity index (χ0n) is 14.2. The largest absolute Gasteiger partial charge is 0.479 e. The highest BCUT2D eigenvalue weighted by molar-refractivity contribution is 6.10. The van der Waals surface area contributed by atoms with Gasteiger partial charge in [0, 0.05) is 19.7 Å². The summed E-state index contributed by atoms with van der Waals surface area (Å²) in [6, 6.07) is 13.2. The Balaban J connectivity index is 2.24. The monoisotopic (exact) mass is 341 g/mol. The fraction of sp³-hybridized carbons (Fsp3) is 0.222. The topological polar surface area (TPSA) is 91.6 Å². The number of benzene rings is 2. The van der Waals surface area contributed by atoms with Crippen molar-refractivity contribution < 1.29 is 19.4 Å². The van der Waals surface area contributed by atoms with Crippen LogP contribution in [0.15, 0.2) is 58.9 Å². The van der Waals surface area contributed by atoms with Crippen LogP contribution in [0.4, 0.5) is 5.69 Å². The van der Waals surface area contributed by atoms with E-state index in [-0.39, 0.29) is 11.5 Å². The molecule has 1 atom stereocenters. The lowest BCUT2D eigenvalue weighted by molar-refractivity contribution is -0.144. The number of ether oxygens (including phenoxy) is 1. The summed E-state index contributed by atoms with van der Waals surface area (Å²) in [5, 5.41) is 18.4. The van der Waals surface area contributed by atoms with Crippen molar-refractivity contribution in [2.45, 2.75) is 13.0 Å². The molecule has 130 valence electrons. The minimum absolute atomic E-state index is 0.235. The molecule has 0 saturated carbocycles. The van der Waals surface area contributed by atoms with E-state index >= 15 is 0 Å². The molecule has 0 amide bonds. The minimum atomic E-state index is -1.10. The molecule has 2 aromatic carbocycles. The van der Waals surface area contributed by atoms with Gasteiger partial charge in [-0.2, -0.15) is 0 Å². The number of carbonyl (C=O) groups is 2. The van der Waals surface area contributed by atoms with Gasteiger partial charge in [-0.15, -0.1) is 5.11 Å². The van der Waals surface area contributed by atoms with Crippen LogP contribution < -0.4 is 4.74 Å². The molecule has 0 fully saturated rings. The second-order valence-electron chi connectivity index (χ2n) is 5.51. The predicted octanol–water partition coefficient (Wildman–Crippen LogP) is 3.33. The summed E-state index contributed by atoms with van der Waals surface area (Å²) in [5.41, 5.74) is 1.37. The normalized spacial score (nSPS) is 12.0. The number of carboxylic acid groups (broad SMARTS) is 1. The van der Waals surface area contributed by atoms with Crippen molar-refractivity contribution in [1.29, 1.82) is 0 Å². The second-order valence-corrected chi connectivity index (χ2v) is 5.51. The molecule has 7 heteroatoms. The molecule has 0 aromatic heterocycles. The van der Waals surface area contributed by atoms with E-state index < -0.39 is 12.1 Å². The van der Waals surface area contributed by atoms with E-state index in [0.29, 0.717) is 16.8 Å². The van der Waals surface area contributed by atoms with E-state index in [1.807, 2.05) is 0 Å². The lowest BCUT2D eigenvalue weighted by Crippen LogP contribution is -2.23. The molecule has 0 aliphatic heterocycles. The Kier molecular flexibility index (Phi) is 5.84. The zero-order valence-corrected chi connectivity index (χ0v) is 14.2. The van der Waals surface area contributed by atoms with Crippen LogP contribution in [0, 0.1) is 0 Å². The van der Waals surface area contributed by atoms with Gasteiger partial charge in [-0.05, 0) is 43.3 Å². The molecule has 2 rings (SSSR count). The van der Waals surface area contributed by atoms with E-state index in [4.69, 9.17) is 9.84 Å². The third kappa shape index (κ3) is 4.87. The fourth-order valence-electron chi connectivity index (χ4n) is 1.97. The van der Waals surface area contributed by atoms with Crippen molar-refractivity contribution >= 4 is 17.4 Å². The van der Waals surface area contributed by atoms with Crippen molar-refractivity contribution in [2.24, 2.45) is 10.3 Å². The molecule has 25 heavy (non-hydrogen) atoms. The van der Waals surface area contributed by atoms with Crippen LogP contribution in [-0.4, -0.2) is 42.1 Å². The molecular formula is C18H19N3O4. The maximum atomic E-state index is 12.7. The Morgan fingerprint density at radius 2 is 1.72 bits per heavy atom. The smallest absolute Gasteiger partial charge is 0.344 e.